The molecule has 0 amide bonds. The molecule has 26 heavy (non-hydrogen) atoms. The summed E-state index contributed by atoms with van der Waals surface area (Å²) in [6, 6.07) is 18.9. The van der Waals surface area contributed by atoms with Crippen LogP contribution < -0.4 is 15.8 Å². The minimum atomic E-state index is -0.397. The van der Waals surface area contributed by atoms with Crippen LogP contribution in [0.15, 0.2) is 60.2 Å². The third-order valence-electron chi connectivity index (χ3n) is 4.27. The second-order valence-corrected chi connectivity index (χ2v) is 5.80. The van der Waals surface area contributed by atoms with Crippen LogP contribution in [-0.2, 0) is 0 Å². The normalized spacial score (nSPS) is 15.8. The van der Waals surface area contributed by atoms with Crippen molar-refractivity contribution in [3.8, 4) is 23.2 Å². The molecule has 7 heteroatoms. The van der Waals surface area contributed by atoms with Gasteiger partial charge in [-0.2, -0.15) is 14.9 Å². The number of nitrogens with one attached hydrogen (secondary N) is 1. The number of methoxy groups -OCH3 is 1. The maximum atomic E-state index is 9.63. The fourth-order valence-corrected chi connectivity index (χ4v) is 2.91. The van der Waals surface area contributed by atoms with Gasteiger partial charge in [-0.05, 0) is 17.7 Å². The van der Waals surface area contributed by atoms with Crippen LogP contribution in [0, 0.1) is 11.3 Å². The van der Waals surface area contributed by atoms with Gasteiger partial charge in [-0.15, -0.1) is 5.10 Å². The predicted octanol–water partition coefficient (Wildman–Crippen LogP) is 2.77. The molecule has 3 aromatic rings. The van der Waals surface area contributed by atoms with Crippen LogP contribution >= 0.6 is 0 Å². The molecule has 0 saturated carbocycles. The van der Waals surface area contributed by atoms with E-state index in [9.17, 15) is 5.26 Å². The lowest BCUT2D eigenvalue weighted by molar-refractivity contribution is 0.414. The van der Waals surface area contributed by atoms with Gasteiger partial charge in [0, 0.05) is 5.56 Å². The number of ether oxygens (including phenoxy) is 1. The summed E-state index contributed by atoms with van der Waals surface area (Å²) in [6.07, 6.45) is 0. The molecule has 0 spiro atoms. The van der Waals surface area contributed by atoms with E-state index in [2.05, 4.69) is 21.5 Å². The summed E-state index contributed by atoms with van der Waals surface area (Å²) in [7, 11) is 1.61. The lowest BCUT2D eigenvalue weighted by Crippen LogP contribution is -2.27. The first-order valence-electron chi connectivity index (χ1n) is 8.04. The molecule has 128 valence electrons. The van der Waals surface area contributed by atoms with Gasteiger partial charge < -0.3 is 15.8 Å². The van der Waals surface area contributed by atoms with Gasteiger partial charge in [-0.25, -0.2) is 0 Å². The third kappa shape index (κ3) is 2.54. The van der Waals surface area contributed by atoms with E-state index in [1.54, 1.807) is 7.11 Å². The second kappa shape index (κ2) is 6.26. The Morgan fingerprint density at radius 3 is 2.54 bits per heavy atom. The van der Waals surface area contributed by atoms with Crippen molar-refractivity contribution in [2.45, 2.75) is 6.04 Å². The lowest BCUT2D eigenvalue weighted by Gasteiger charge is -2.25. The van der Waals surface area contributed by atoms with E-state index in [1.807, 2.05) is 54.6 Å². The molecule has 0 saturated heterocycles. The van der Waals surface area contributed by atoms with E-state index in [1.165, 1.54) is 4.68 Å². The summed E-state index contributed by atoms with van der Waals surface area (Å²) in [5, 5.41) is 17.3. The van der Waals surface area contributed by atoms with Crippen molar-refractivity contribution >= 4 is 11.8 Å². The van der Waals surface area contributed by atoms with Crippen LogP contribution in [0.1, 0.15) is 11.6 Å². The number of hydrogen-bond donors (Lipinski definition) is 2. The highest BCUT2D eigenvalue weighted by molar-refractivity contribution is 5.68. The number of nitrogens with zero attached hydrogens (tertiary/aromatic N) is 4. The molecular weight excluding hydrogens is 328 g/mol. The van der Waals surface area contributed by atoms with E-state index >= 15 is 0 Å². The topological polar surface area (TPSA) is 102 Å². The van der Waals surface area contributed by atoms with Gasteiger partial charge in [-0.1, -0.05) is 42.5 Å². The zero-order valence-electron chi connectivity index (χ0n) is 14.0. The first kappa shape index (κ1) is 15.7. The maximum Gasteiger partial charge on any atom is 0.228 e. The zero-order valence-corrected chi connectivity index (χ0v) is 14.0. The monoisotopic (exact) mass is 344 g/mol. The van der Waals surface area contributed by atoms with Crippen LogP contribution in [0.25, 0.3) is 17.2 Å². The fraction of sp³-hybridized carbons (Fsp3) is 0.105. The average molecular weight is 344 g/mol. The summed E-state index contributed by atoms with van der Waals surface area (Å²) < 4.78 is 6.66. The summed E-state index contributed by atoms with van der Waals surface area (Å²) in [6.45, 7) is 0. The number of fused-ring (bicyclic) bond motifs is 1. The van der Waals surface area contributed by atoms with Gasteiger partial charge in [0.05, 0.1) is 18.7 Å². The molecule has 1 aromatic heterocycles. The predicted molar refractivity (Wildman–Crippen MR) is 97.8 cm³/mol. The zero-order chi connectivity index (χ0) is 18.1. The highest BCUT2D eigenvalue weighted by atomic mass is 16.5. The fourth-order valence-electron chi connectivity index (χ4n) is 2.91. The average Bonchev–Trinajstić information content (AvgIpc) is 3.13. The van der Waals surface area contributed by atoms with Gasteiger partial charge in [0.1, 0.15) is 17.6 Å². The Labute approximate surface area is 150 Å². The lowest BCUT2D eigenvalue weighted by atomic mass is 9.98. The Hall–Kier alpha value is -3.79. The van der Waals surface area contributed by atoms with Crippen LogP contribution in [-0.4, -0.2) is 21.9 Å². The van der Waals surface area contributed by atoms with Crippen LogP contribution in [0.5, 0.6) is 5.75 Å². The minimum Gasteiger partial charge on any atom is -0.497 e. The Bertz CT molecular complexity index is 1010. The molecule has 4 rings (SSSR count). The molecule has 1 unspecified atom stereocenters. The van der Waals surface area contributed by atoms with E-state index in [0.717, 1.165) is 16.9 Å². The Kier molecular flexibility index (Phi) is 3.78. The summed E-state index contributed by atoms with van der Waals surface area (Å²) in [5.74, 6) is 2.07. The number of aromatic nitrogens is 3. The Morgan fingerprint density at radius 2 is 1.88 bits per heavy atom. The molecule has 1 aliphatic rings. The maximum absolute atomic E-state index is 9.63. The van der Waals surface area contributed by atoms with Crippen LogP contribution in [0.2, 0.25) is 0 Å². The van der Waals surface area contributed by atoms with E-state index < -0.39 is 6.04 Å². The van der Waals surface area contributed by atoms with Crippen molar-refractivity contribution in [2.24, 2.45) is 5.73 Å². The van der Waals surface area contributed by atoms with E-state index in [4.69, 9.17) is 10.5 Å². The van der Waals surface area contributed by atoms with Crippen LogP contribution in [0.3, 0.4) is 0 Å². The standard InChI is InChI=1S/C19H16N6O/c1-26-14-9-7-12(8-10-14)16-15(11-20)17(21)25-19(22-16)23-18(24-25)13-5-3-2-4-6-13/h2-10,16H,21H2,1H3,(H,22,23,24). The van der Waals surface area contributed by atoms with Gasteiger partial charge in [0.25, 0.3) is 0 Å². The van der Waals surface area contributed by atoms with Crippen molar-refractivity contribution in [3.63, 3.8) is 0 Å². The molecule has 0 aliphatic carbocycles. The highest BCUT2D eigenvalue weighted by Gasteiger charge is 2.29. The first-order valence-corrected chi connectivity index (χ1v) is 8.04. The Morgan fingerprint density at radius 1 is 1.15 bits per heavy atom. The van der Waals surface area contributed by atoms with Crippen molar-refractivity contribution in [1.29, 1.82) is 5.26 Å². The molecule has 3 N–H and O–H groups in total. The second-order valence-electron chi connectivity index (χ2n) is 5.80. The van der Waals surface area contributed by atoms with Gasteiger partial charge in [-0.3, -0.25) is 0 Å². The van der Waals surface area contributed by atoms with Crippen LogP contribution in [0.4, 0.5) is 5.95 Å². The number of benzene rings is 2. The van der Waals surface area contributed by atoms with Gasteiger partial charge in [0.2, 0.25) is 5.95 Å². The van der Waals surface area contributed by atoms with Crippen molar-refractivity contribution in [2.75, 3.05) is 12.4 Å². The number of rotatable bonds is 3. The Balaban J connectivity index is 1.77. The van der Waals surface area contributed by atoms with E-state index in [-0.39, 0.29) is 5.82 Å². The quantitative estimate of drug-likeness (QED) is 0.757. The SMILES string of the molecule is COc1ccc(C2Nc3nc(-c4ccccc4)nn3C(N)=C2C#N)cc1. The van der Waals surface area contributed by atoms with Gasteiger partial charge in [0.15, 0.2) is 5.82 Å². The molecule has 1 atom stereocenters. The van der Waals surface area contributed by atoms with Crippen molar-refractivity contribution in [3.05, 3.63) is 65.7 Å². The number of anilines is 1. The highest BCUT2D eigenvalue weighted by Crippen LogP contribution is 2.34. The number of nitriles is 1. The summed E-state index contributed by atoms with van der Waals surface area (Å²) in [4.78, 5) is 4.54. The smallest absolute Gasteiger partial charge is 0.228 e. The number of nitrogens with two attached hydrogens (primary N) is 1. The minimum absolute atomic E-state index is 0.275. The molecule has 2 heterocycles. The molecular formula is C19H16N6O. The molecule has 2 aromatic carbocycles. The van der Waals surface area contributed by atoms with Crippen molar-refractivity contribution in [1.82, 2.24) is 14.8 Å². The third-order valence-corrected chi connectivity index (χ3v) is 4.27. The van der Waals surface area contributed by atoms with Crippen molar-refractivity contribution < 1.29 is 4.74 Å². The molecule has 7 nitrogen and oxygen atoms in total. The molecule has 1 aliphatic heterocycles. The van der Waals surface area contributed by atoms with Gasteiger partial charge >= 0.3 is 0 Å². The summed E-state index contributed by atoms with van der Waals surface area (Å²) in [5.41, 5.74) is 8.39. The molecule has 0 bridgehead atoms. The number of hydrogen-bond acceptors (Lipinski definition) is 6. The largest absolute Gasteiger partial charge is 0.497 e. The molecule has 0 radical (unpaired) electrons. The molecule has 0 fully saturated rings. The summed E-state index contributed by atoms with van der Waals surface area (Å²) >= 11 is 0. The first-order chi connectivity index (χ1) is 12.7. The van der Waals surface area contributed by atoms with E-state index in [0.29, 0.717) is 17.3 Å².